The van der Waals surface area contributed by atoms with E-state index in [4.69, 9.17) is 5.26 Å². The predicted molar refractivity (Wildman–Crippen MR) is 38.1 cm³/mol. The maximum atomic E-state index is 10.8. The second-order valence-electron chi connectivity index (χ2n) is 1.90. The van der Waals surface area contributed by atoms with Gasteiger partial charge in [-0.2, -0.15) is 5.26 Å². The summed E-state index contributed by atoms with van der Waals surface area (Å²) in [6.45, 7) is 3.97. The van der Waals surface area contributed by atoms with E-state index in [1.807, 2.05) is 0 Å². The number of nitrogens with zero attached hydrogens (tertiary/aromatic N) is 2. The lowest BCUT2D eigenvalue weighted by molar-refractivity contribution is -0.128. The van der Waals surface area contributed by atoms with Crippen LogP contribution in [-0.4, -0.2) is 24.4 Å². The summed E-state index contributed by atoms with van der Waals surface area (Å²) >= 11 is 0. The molecule has 54 valence electrons. The number of carbonyl (C=O) groups excluding carboxylic acids is 1. The molecule has 0 atom stereocenters. The molecule has 0 heterocycles. The maximum Gasteiger partial charge on any atom is 0.236 e. The second kappa shape index (κ2) is 4.57. The van der Waals surface area contributed by atoms with E-state index in [0.717, 1.165) is 0 Å². The van der Waals surface area contributed by atoms with E-state index >= 15 is 0 Å². The van der Waals surface area contributed by atoms with Gasteiger partial charge in [0.05, 0.1) is 6.07 Å². The standard InChI is InChI=1S/C7H10N2O/c1-3-6-9(2)7(10)4-5-8/h3H,1,4,6H2,2H3. The van der Waals surface area contributed by atoms with Crippen molar-refractivity contribution >= 4 is 5.91 Å². The molecule has 0 rings (SSSR count). The summed E-state index contributed by atoms with van der Waals surface area (Å²) in [5.41, 5.74) is 0. The van der Waals surface area contributed by atoms with Crippen LogP contribution in [0.1, 0.15) is 6.42 Å². The van der Waals surface area contributed by atoms with Gasteiger partial charge >= 0.3 is 0 Å². The lowest BCUT2D eigenvalue weighted by atomic mass is 10.4. The minimum atomic E-state index is -0.164. The number of nitriles is 1. The Labute approximate surface area is 60.6 Å². The Morgan fingerprint density at radius 1 is 1.90 bits per heavy atom. The molecule has 1 amide bonds. The molecule has 0 aliphatic carbocycles. The Balaban J connectivity index is 3.72. The molecule has 0 bridgehead atoms. The highest BCUT2D eigenvalue weighted by Crippen LogP contribution is 1.88. The Kier molecular flexibility index (Phi) is 3.97. The van der Waals surface area contributed by atoms with Gasteiger partial charge in [0.2, 0.25) is 5.91 Å². The molecule has 0 saturated heterocycles. The topological polar surface area (TPSA) is 44.1 Å². The van der Waals surface area contributed by atoms with E-state index in [9.17, 15) is 4.79 Å². The zero-order valence-corrected chi connectivity index (χ0v) is 6.00. The highest BCUT2D eigenvalue weighted by atomic mass is 16.2. The van der Waals surface area contributed by atoms with Crippen molar-refractivity contribution in [3.05, 3.63) is 12.7 Å². The third-order valence-corrected chi connectivity index (χ3v) is 1.06. The minimum Gasteiger partial charge on any atom is -0.341 e. The van der Waals surface area contributed by atoms with Crippen LogP contribution in [0.2, 0.25) is 0 Å². The van der Waals surface area contributed by atoms with Gasteiger partial charge in [-0.1, -0.05) is 6.08 Å². The molecular formula is C7H10N2O. The lowest BCUT2D eigenvalue weighted by Crippen LogP contribution is -2.25. The van der Waals surface area contributed by atoms with Crippen molar-refractivity contribution in [2.75, 3.05) is 13.6 Å². The SMILES string of the molecule is C=CCN(C)C(=O)CC#N. The van der Waals surface area contributed by atoms with Crippen LogP contribution in [0.3, 0.4) is 0 Å². The van der Waals surface area contributed by atoms with E-state index in [1.165, 1.54) is 4.90 Å². The van der Waals surface area contributed by atoms with E-state index in [1.54, 1.807) is 19.2 Å². The van der Waals surface area contributed by atoms with E-state index < -0.39 is 0 Å². The molecule has 3 heteroatoms. The fraction of sp³-hybridized carbons (Fsp3) is 0.429. The molecule has 0 aromatic rings. The van der Waals surface area contributed by atoms with E-state index in [-0.39, 0.29) is 12.3 Å². The summed E-state index contributed by atoms with van der Waals surface area (Å²) in [6, 6.07) is 1.78. The Bertz CT molecular complexity index is 169. The Hall–Kier alpha value is -1.30. The molecule has 0 radical (unpaired) electrons. The second-order valence-corrected chi connectivity index (χ2v) is 1.90. The first-order valence-corrected chi connectivity index (χ1v) is 2.94. The van der Waals surface area contributed by atoms with Gasteiger partial charge in [0.1, 0.15) is 6.42 Å². The molecule has 0 unspecified atom stereocenters. The third-order valence-electron chi connectivity index (χ3n) is 1.06. The van der Waals surface area contributed by atoms with Crippen molar-refractivity contribution in [1.82, 2.24) is 4.90 Å². The summed E-state index contributed by atoms with van der Waals surface area (Å²) in [5, 5.41) is 8.13. The first kappa shape index (κ1) is 8.70. The third kappa shape index (κ3) is 2.88. The van der Waals surface area contributed by atoms with Crippen LogP contribution in [-0.2, 0) is 4.79 Å². The number of hydrogen-bond acceptors (Lipinski definition) is 2. The molecule has 0 aliphatic rings. The summed E-state index contributed by atoms with van der Waals surface area (Å²) in [5.74, 6) is -0.164. The summed E-state index contributed by atoms with van der Waals surface area (Å²) in [6.07, 6.45) is 1.57. The van der Waals surface area contributed by atoms with Crippen LogP contribution >= 0.6 is 0 Å². The maximum absolute atomic E-state index is 10.8. The monoisotopic (exact) mass is 138 g/mol. The van der Waals surface area contributed by atoms with Crippen LogP contribution in [0.25, 0.3) is 0 Å². The van der Waals surface area contributed by atoms with Gasteiger partial charge in [-0.25, -0.2) is 0 Å². The number of carbonyl (C=O) groups is 1. The highest BCUT2D eigenvalue weighted by molar-refractivity contribution is 5.78. The summed E-state index contributed by atoms with van der Waals surface area (Å²) in [4.78, 5) is 12.2. The fourth-order valence-corrected chi connectivity index (χ4v) is 0.498. The Morgan fingerprint density at radius 2 is 2.50 bits per heavy atom. The average molecular weight is 138 g/mol. The van der Waals surface area contributed by atoms with Gasteiger partial charge in [0.15, 0.2) is 0 Å². The summed E-state index contributed by atoms with van der Waals surface area (Å²) in [7, 11) is 1.64. The van der Waals surface area contributed by atoms with Crippen molar-refractivity contribution in [1.29, 1.82) is 5.26 Å². The van der Waals surface area contributed by atoms with Gasteiger partial charge in [0, 0.05) is 13.6 Å². The Morgan fingerprint density at radius 3 is 2.90 bits per heavy atom. The van der Waals surface area contributed by atoms with Crippen LogP contribution in [0.4, 0.5) is 0 Å². The minimum absolute atomic E-state index is 0.0513. The van der Waals surface area contributed by atoms with Gasteiger partial charge < -0.3 is 4.90 Å². The average Bonchev–Trinajstić information content (AvgIpc) is 1.89. The molecule has 0 aliphatic heterocycles. The predicted octanol–water partition coefficient (Wildman–Crippen LogP) is 0.544. The number of rotatable bonds is 3. The molecular weight excluding hydrogens is 128 g/mol. The molecule has 0 aromatic heterocycles. The normalized spacial score (nSPS) is 8.00. The van der Waals surface area contributed by atoms with Crippen molar-refractivity contribution in [3.8, 4) is 6.07 Å². The number of amides is 1. The molecule has 0 saturated carbocycles. The largest absolute Gasteiger partial charge is 0.341 e. The number of likely N-dealkylation sites (N-methyl/N-ethyl adjacent to an activating group) is 1. The quantitative estimate of drug-likeness (QED) is 0.534. The lowest BCUT2D eigenvalue weighted by Gasteiger charge is -2.11. The van der Waals surface area contributed by atoms with Gasteiger partial charge in [-0.3, -0.25) is 4.79 Å². The zero-order valence-electron chi connectivity index (χ0n) is 6.00. The van der Waals surface area contributed by atoms with Crippen molar-refractivity contribution in [2.24, 2.45) is 0 Å². The van der Waals surface area contributed by atoms with Gasteiger partial charge in [-0.15, -0.1) is 6.58 Å². The molecule has 3 nitrogen and oxygen atoms in total. The van der Waals surface area contributed by atoms with Crippen molar-refractivity contribution in [2.45, 2.75) is 6.42 Å². The number of hydrogen-bond donors (Lipinski definition) is 0. The summed E-state index contributed by atoms with van der Waals surface area (Å²) < 4.78 is 0. The molecule has 0 fully saturated rings. The van der Waals surface area contributed by atoms with E-state index in [2.05, 4.69) is 6.58 Å². The van der Waals surface area contributed by atoms with Crippen LogP contribution in [0, 0.1) is 11.3 Å². The van der Waals surface area contributed by atoms with Crippen molar-refractivity contribution < 1.29 is 4.79 Å². The smallest absolute Gasteiger partial charge is 0.236 e. The highest BCUT2D eigenvalue weighted by Gasteiger charge is 2.03. The van der Waals surface area contributed by atoms with Crippen LogP contribution in [0.15, 0.2) is 12.7 Å². The molecule has 0 aromatic carbocycles. The van der Waals surface area contributed by atoms with E-state index in [0.29, 0.717) is 6.54 Å². The molecule has 0 N–H and O–H groups in total. The van der Waals surface area contributed by atoms with Crippen LogP contribution in [0.5, 0.6) is 0 Å². The van der Waals surface area contributed by atoms with Gasteiger partial charge in [0.25, 0.3) is 0 Å². The zero-order chi connectivity index (χ0) is 7.98. The van der Waals surface area contributed by atoms with Gasteiger partial charge in [-0.05, 0) is 0 Å². The first-order chi connectivity index (χ1) is 4.72. The molecule has 0 spiro atoms. The molecule has 10 heavy (non-hydrogen) atoms. The fourth-order valence-electron chi connectivity index (χ4n) is 0.498. The first-order valence-electron chi connectivity index (χ1n) is 2.94. The van der Waals surface area contributed by atoms with Crippen molar-refractivity contribution in [3.63, 3.8) is 0 Å². The van der Waals surface area contributed by atoms with Crippen LogP contribution < -0.4 is 0 Å².